The van der Waals surface area contributed by atoms with E-state index in [4.69, 9.17) is 20.1 Å². The van der Waals surface area contributed by atoms with Gasteiger partial charge in [0.05, 0.1) is 0 Å². The number of carbonyl (C=O) groups is 3. The fraction of sp³-hybridized carbons (Fsp3) is 0.273. The second kappa shape index (κ2) is 6.87. The Morgan fingerprint density at radius 1 is 1.43 bits per heavy atom. The van der Waals surface area contributed by atoms with Gasteiger partial charge in [0.25, 0.3) is 0 Å². The number of nitrogens with zero attached hydrogens (tertiary/aromatic N) is 4. The number of rotatable bonds is 4. The van der Waals surface area contributed by atoms with Crippen molar-refractivity contribution in [3.63, 3.8) is 0 Å². The van der Waals surface area contributed by atoms with Crippen LogP contribution in [0.15, 0.2) is 17.4 Å². The van der Waals surface area contributed by atoms with E-state index < -0.39 is 29.6 Å². The van der Waals surface area contributed by atoms with Gasteiger partial charge in [-0.25, -0.2) is 0 Å². The van der Waals surface area contributed by atoms with E-state index in [1.54, 1.807) is 0 Å². The molecule has 0 aliphatic rings. The van der Waals surface area contributed by atoms with Gasteiger partial charge in [0, 0.05) is 24.3 Å². The number of carboxylic acid groups (broad SMARTS) is 1. The minimum absolute atomic E-state index is 0.0167. The van der Waals surface area contributed by atoms with Gasteiger partial charge in [-0.05, 0) is 10.6 Å². The van der Waals surface area contributed by atoms with E-state index in [1.165, 1.54) is 6.92 Å². The van der Waals surface area contributed by atoms with E-state index in [0.717, 1.165) is 19.2 Å². The molecule has 21 heavy (non-hydrogen) atoms. The van der Waals surface area contributed by atoms with Crippen LogP contribution in [-0.4, -0.2) is 23.1 Å². The molecule has 0 aliphatic carbocycles. The molecule has 0 unspecified atom stereocenters. The van der Waals surface area contributed by atoms with Crippen LogP contribution in [-0.2, 0) is 9.59 Å². The number of hydrogen-bond acceptors (Lipinski definition) is 6. The Morgan fingerprint density at radius 2 is 2.10 bits per heavy atom. The van der Waals surface area contributed by atoms with Crippen LogP contribution in [0, 0.1) is 0 Å². The summed E-state index contributed by atoms with van der Waals surface area (Å²) in [5, 5.41) is 12.2. The number of azide groups is 1. The van der Waals surface area contributed by atoms with Gasteiger partial charge in [0.1, 0.15) is 6.20 Å². The number of pyridine rings is 1. The molecular weight excluding hydrogens is 284 g/mol. The van der Waals surface area contributed by atoms with Crippen LogP contribution in [0.5, 0.6) is 11.5 Å². The first-order valence-corrected chi connectivity index (χ1v) is 5.66. The molecule has 1 rings (SSSR count). The highest BCUT2D eigenvalue weighted by Crippen LogP contribution is 2.35. The maximum atomic E-state index is 11.4. The molecule has 1 N–H and O–H groups in total. The van der Waals surface area contributed by atoms with E-state index >= 15 is 0 Å². The van der Waals surface area contributed by atoms with E-state index in [1.807, 2.05) is 0 Å². The molecule has 1 aromatic rings. The summed E-state index contributed by atoms with van der Waals surface area (Å²) in [6.07, 6.45) is -0.494. The molecule has 10 nitrogen and oxygen atoms in total. The second-order valence-corrected chi connectivity index (χ2v) is 3.60. The highest BCUT2D eigenvalue weighted by atomic mass is 16.6. The Balaban J connectivity index is 3.56. The van der Waals surface area contributed by atoms with Crippen molar-refractivity contribution in [1.29, 1.82) is 0 Å². The van der Waals surface area contributed by atoms with Crippen molar-refractivity contribution in [1.82, 2.24) is 0 Å². The predicted molar refractivity (Wildman–Crippen MR) is 66.1 cm³/mol. The van der Waals surface area contributed by atoms with Gasteiger partial charge in [-0.1, -0.05) is 6.92 Å². The lowest BCUT2D eigenvalue weighted by Gasteiger charge is -2.11. The average Bonchev–Trinajstić information content (AvgIpc) is 2.41. The Bertz CT molecular complexity index is 650. The van der Waals surface area contributed by atoms with Crippen LogP contribution in [0.25, 0.3) is 10.4 Å². The highest BCUT2D eigenvalue weighted by molar-refractivity contribution is 5.77. The van der Waals surface area contributed by atoms with E-state index in [-0.39, 0.29) is 12.2 Å². The van der Waals surface area contributed by atoms with Gasteiger partial charge in [0.15, 0.2) is 5.75 Å². The fourth-order valence-corrected chi connectivity index (χ4v) is 1.32. The Morgan fingerprint density at radius 3 is 2.57 bits per heavy atom. The molecule has 0 amide bonds. The van der Waals surface area contributed by atoms with E-state index in [2.05, 4.69) is 10.0 Å². The van der Waals surface area contributed by atoms with E-state index in [9.17, 15) is 14.4 Å². The Hall–Kier alpha value is -3.13. The van der Waals surface area contributed by atoms with Crippen molar-refractivity contribution in [2.24, 2.45) is 5.11 Å². The van der Waals surface area contributed by atoms with Gasteiger partial charge in [-0.2, -0.15) is 9.36 Å². The summed E-state index contributed by atoms with van der Waals surface area (Å²) in [7, 11) is 0. The molecule has 110 valence electrons. The summed E-state index contributed by atoms with van der Waals surface area (Å²) in [4.78, 5) is 36.0. The normalized spacial score (nSPS) is 9.43. The lowest BCUT2D eigenvalue weighted by atomic mass is 10.3. The van der Waals surface area contributed by atoms with Gasteiger partial charge in [-0.3, -0.25) is 9.59 Å². The third-order valence-corrected chi connectivity index (χ3v) is 2.13. The molecule has 10 heteroatoms. The van der Waals surface area contributed by atoms with Crippen LogP contribution < -0.4 is 14.0 Å². The zero-order valence-electron chi connectivity index (χ0n) is 11.1. The van der Waals surface area contributed by atoms with Gasteiger partial charge < -0.3 is 14.6 Å². The van der Waals surface area contributed by atoms with Crippen molar-refractivity contribution >= 4 is 23.8 Å². The van der Waals surface area contributed by atoms with Crippen molar-refractivity contribution in [2.45, 2.75) is 20.3 Å². The molecule has 0 saturated carbocycles. The van der Waals surface area contributed by atoms with Gasteiger partial charge >= 0.3 is 18.0 Å². The molecule has 0 aliphatic heterocycles. The molecule has 0 saturated heterocycles. The molecular formula is C11H11N4O6+. The number of ether oxygens (including phenoxy) is 2. The minimum atomic E-state index is -1.47. The summed E-state index contributed by atoms with van der Waals surface area (Å²) < 4.78 is 10.2. The lowest BCUT2D eigenvalue weighted by Crippen LogP contribution is -2.41. The van der Waals surface area contributed by atoms with Crippen LogP contribution in [0.2, 0.25) is 0 Å². The molecule has 0 bridgehead atoms. The van der Waals surface area contributed by atoms with E-state index in [0.29, 0.717) is 4.57 Å². The largest absolute Gasteiger partial charge is 0.506 e. The number of hydrogen-bond donors (Lipinski definition) is 1. The van der Waals surface area contributed by atoms with Crippen molar-refractivity contribution in [3.8, 4) is 11.5 Å². The first kappa shape index (κ1) is 15.9. The summed E-state index contributed by atoms with van der Waals surface area (Å²) in [5.74, 6) is -2.64. The molecule has 0 spiro atoms. The van der Waals surface area contributed by atoms with Crippen LogP contribution >= 0.6 is 0 Å². The number of carbonyl (C=O) groups excluding carboxylic acids is 2. The monoisotopic (exact) mass is 295 g/mol. The summed E-state index contributed by atoms with van der Waals surface area (Å²) in [6.45, 7) is 2.62. The zero-order valence-corrected chi connectivity index (χ0v) is 11.1. The molecule has 1 aromatic heterocycles. The topological polar surface area (TPSA) is 143 Å². The second-order valence-electron chi connectivity index (χ2n) is 3.60. The van der Waals surface area contributed by atoms with Crippen molar-refractivity contribution in [3.05, 3.63) is 22.7 Å². The van der Waals surface area contributed by atoms with Crippen LogP contribution in [0.3, 0.4) is 0 Å². The van der Waals surface area contributed by atoms with Crippen LogP contribution in [0.4, 0.5) is 10.6 Å². The molecule has 0 aromatic carbocycles. The standard InChI is InChI=1S/C11H10N4O6/c1-3-8(17)21-9-7(20-6(2)16)4-5-15(11(18)19)10(9)13-14-12/h4-5H,3H2,1-2H3/p+1. The molecule has 1 heterocycles. The fourth-order valence-electron chi connectivity index (χ4n) is 1.32. The van der Waals surface area contributed by atoms with Crippen molar-refractivity contribution < 1.29 is 33.5 Å². The molecule has 0 fully saturated rings. The predicted octanol–water partition coefficient (Wildman–Crippen LogP) is 1.68. The first-order chi connectivity index (χ1) is 9.90. The summed E-state index contributed by atoms with van der Waals surface area (Å²) in [5.41, 5.74) is 8.52. The lowest BCUT2D eigenvalue weighted by molar-refractivity contribution is -0.571. The zero-order chi connectivity index (χ0) is 16.0. The summed E-state index contributed by atoms with van der Waals surface area (Å²) in [6, 6.07) is 1.10. The number of aromatic nitrogens is 1. The smallest absolute Gasteiger partial charge is 0.446 e. The third-order valence-electron chi connectivity index (χ3n) is 2.13. The average molecular weight is 295 g/mol. The maximum absolute atomic E-state index is 11.4. The minimum Gasteiger partial charge on any atom is -0.446 e. The maximum Gasteiger partial charge on any atom is 0.506 e. The first-order valence-electron chi connectivity index (χ1n) is 5.66. The van der Waals surface area contributed by atoms with Crippen molar-refractivity contribution in [2.75, 3.05) is 0 Å². The quantitative estimate of drug-likeness (QED) is 0.294. The van der Waals surface area contributed by atoms with Gasteiger partial charge in [0.2, 0.25) is 11.6 Å². The molecule has 0 radical (unpaired) electrons. The Labute approximate surface area is 118 Å². The SMILES string of the molecule is CCC(=O)Oc1c(OC(C)=O)cc[n+](C(=O)O)c1N=[N+]=[N-]. The third kappa shape index (κ3) is 3.91. The Kier molecular flexibility index (Phi) is 5.21. The number of esters is 2. The van der Waals surface area contributed by atoms with Crippen LogP contribution in [0.1, 0.15) is 20.3 Å². The molecule has 0 atom stereocenters. The summed E-state index contributed by atoms with van der Waals surface area (Å²) >= 11 is 0. The highest BCUT2D eigenvalue weighted by Gasteiger charge is 2.24. The van der Waals surface area contributed by atoms with Gasteiger partial charge in [-0.15, -0.1) is 0 Å².